The predicted octanol–water partition coefficient (Wildman–Crippen LogP) is 3.23. The fourth-order valence-corrected chi connectivity index (χ4v) is 3.13. The lowest BCUT2D eigenvalue weighted by Crippen LogP contribution is -2.31. The van der Waals surface area contributed by atoms with Gasteiger partial charge in [-0.2, -0.15) is 0 Å². The quantitative estimate of drug-likeness (QED) is 0.800. The number of carbonyl (C=O) groups excluding carboxylic acids is 1. The minimum absolute atomic E-state index is 0.0217. The van der Waals surface area contributed by atoms with E-state index in [0.29, 0.717) is 18.8 Å². The van der Waals surface area contributed by atoms with Crippen molar-refractivity contribution in [1.82, 2.24) is 15.3 Å². The van der Waals surface area contributed by atoms with E-state index in [9.17, 15) is 4.79 Å². The molecule has 0 aliphatic heterocycles. The number of hydrogen-bond donors (Lipinski definition) is 2. The van der Waals surface area contributed by atoms with Crippen LogP contribution in [0.3, 0.4) is 0 Å². The molecule has 114 valence electrons. The van der Waals surface area contributed by atoms with E-state index in [2.05, 4.69) is 33.6 Å². The smallest absolute Gasteiger partial charge is 0.225 e. The largest absolute Gasteiger partial charge is 0.369 e. The Morgan fingerprint density at radius 3 is 2.86 bits per heavy atom. The van der Waals surface area contributed by atoms with Gasteiger partial charge in [-0.1, -0.05) is 6.92 Å². The van der Waals surface area contributed by atoms with Crippen molar-refractivity contribution in [3.8, 4) is 0 Å². The minimum atomic E-state index is 0.0217. The van der Waals surface area contributed by atoms with Crippen molar-refractivity contribution in [3.63, 3.8) is 0 Å². The van der Waals surface area contributed by atoms with Gasteiger partial charge < -0.3 is 10.6 Å². The molecule has 7 heteroatoms. The molecule has 5 nitrogen and oxygen atoms in total. The van der Waals surface area contributed by atoms with Gasteiger partial charge in [-0.3, -0.25) is 4.79 Å². The van der Waals surface area contributed by atoms with Crippen molar-refractivity contribution in [1.29, 1.82) is 0 Å². The van der Waals surface area contributed by atoms with Crippen LogP contribution in [0.2, 0.25) is 5.28 Å². The minimum Gasteiger partial charge on any atom is -0.369 e. The maximum atomic E-state index is 11.6. The normalized spacial score (nSPS) is 11.1. The zero-order valence-corrected chi connectivity index (χ0v) is 13.9. The Labute approximate surface area is 133 Å². The SMILES string of the molecule is CCc1cc2c(NCCC(=O)NC(C)C)nc(Cl)nc2s1. The van der Waals surface area contributed by atoms with Crippen LogP contribution in [0, 0.1) is 0 Å². The molecule has 0 aliphatic carbocycles. The third-order valence-electron chi connectivity index (χ3n) is 2.86. The molecule has 21 heavy (non-hydrogen) atoms. The van der Waals surface area contributed by atoms with Crippen molar-refractivity contribution in [3.05, 3.63) is 16.2 Å². The Balaban J connectivity index is 2.07. The van der Waals surface area contributed by atoms with E-state index in [0.717, 1.165) is 16.6 Å². The van der Waals surface area contributed by atoms with E-state index in [1.54, 1.807) is 11.3 Å². The Morgan fingerprint density at radius 1 is 1.43 bits per heavy atom. The number of carbonyl (C=O) groups is 1. The van der Waals surface area contributed by atoms with Gasteiger partial charge in [-0.15, -0.1) is 11.3 Å². The van der Waals surface area contributed by atoms with E-state index in [4.69, 9.17) is 11.6 Å². The molecule has 2 heterocycles. The first kappa shape index (κ1) is 16.0. The molecule has 0 aromatic carbocycles. The van der Waals surface area contributed by atoms with Gasteiger partial charge in [0.1, 0.15) is 10.6 Å². The van der Waals surface area contributed by atoms with Gasteiger partial charge in [0.05, 0.1) is 5.39 Å². The molecule has 2 rings (SSSR count). The van der Waals surface area contributed by atoms with Crippen LogP contribution in [0.1, 0.15) is 32.1 Å². The van der Waals surface area contributed by atoms with E-state index in [-0.39, 0.29) is 17.2 Å². The zero-order chi connectivity index (χ0) is 15.4. The highest BCUT2D eigenvalue weighted by Gasteiger charge is 2.11. The third kappa shape index (κ3) is 4.28. The van der Waals surface area contributed by atoms with Crippen molar-refractivity contribution < 1.29 is 4.79 Å². The van der Waals surface area contributed by atoms with Crippen molar-refractivity contribution in [2.24, 2.45) is 0 Å². The van der Waals surface area contributed by atoms with Crippen molar-refractivity contribution in [2.75, 3.05) is 11.9 Å². The topological polar surface area (TPSA) is 66.9 Å². The predicted molar refractivity (Wildman–Crippen MR) is 88.2 cm³/mol. The molecule has 0 aliphatic rings. The number of fused-ring (bicyclic) bond motifs is 1. The van der Waals surface area contributed by atoms with Crippen molar-refractivity contribution in [2.45, 2.75) is 39.7 Å². The van der Waals surface area contributed by atoms with Gasteiger partial charge in [0.15, 0.2) is 0 Å². The van der Waals surface area contributed by atoms with Gasteiger partial charge in [0.25, 0.3) is 0 Å². The number of halogens is 1. The number of hydrogen-bond acceptors (Lipinski definition) is 5. The zero-order valence-electron chi connectivity index (χ0n) is 12.4. The number of amides is 1. The van der Waals surface area contributed by atoms with Gasteiger partial charge >= 0.3 is 0 Å². The average Bonchev–Trinajstić information content (AvgIpc) is 2.80. The number of nitrogens with zero attached hydrogens (tertiary/aromatic N) is 2. The molecule has 0 spiro atoms. The summed E-state index contributed by atoms with van der Waals surface area (Å²) in [5.74, 6) is 0.715. The number of aryl methyl sites for hydroxylation is 1. The molecule has 0 saturated heterocycles. The summed E-state index contributed by atoms with van der Waals surface area (Å²) in [6.45, 7) is 6.49. The highest BCUT2D eigenvalue weighted by atomic mass is 35.5. The van der Waals surface area contributed by atoms with Crippen LogP contribution in [-0.2, 0) is 11.2 Å². The van der Waals surface area contributed by atoms with Crippen LogP contribution in [0.15, 0.2) is 6.07 Å². The second-order valence-corrected chi connectivity index (χ2v) is 6.48. The Morgan fingerprint density at radius 2 is 2.19 bits per heavy atom. The first-order chi connectivity index (χ1) is 9.99. The first-order valence-electron chi connectivity index (χ1n) is 6.98. The van der Waals surface area contributed by atoms with E-state index in [1.165, 1.54) is 4.88 Å². The monoisotopic (exact) mass is 326 g/mol. The lowest BCUT2D eigenvalue weighted by Gasteiger charge is -2.09. The fourth-order valence-electron chi connectivity index (χ4n) is 1.94. The average molecular weight is 327 g/mol. The number of nitrogens with one attached hydrogen (secondary N) is 2. The number of rotatable bonds is 6. The molecule has 0 fully saturated rings. The fraction of sp³-hybridized carbons (Fsp3) is 0.500. The molecular weight excluding hydrogens is 308 g/mol. The van der Waals surface area contributed by atoms with Gasteiger partial charge in [0, 0.05) is 23.9 Å². The summed E-state index contributed by atoms with van der Waals surface area (Å²) in [6, 6.07) is 2.23. The standard InChI is InChI=1S/C14H19ClN4OS/c1-4-9-7-10-12(18-14(15)19-13(10)21-9)16-6-5-11(20)17-8(2)3/h7-8H,4-6H2,1-3H3,(H,17,20)(H,16,18,19). The van der Waals surface area contributed by atoms with E-state index >= 15 is 0 Å². The van der Waals surface area contributed by atoms with E-state index < -0.39 is 0 Å². The maximum Gasteiger partial charge on any atom is 0.225 e. The third-order valence-corrected chi connectivity index (χ3v) is 4.20. The highest BCUT2D eigenvalue weighted by Crippen LogP contribution is 2.30. The maximum absolute atomic E-state index is 11.6. The first-order valence-corrected chi connectivity index (χ1v) is 8.18. The Kier molecular flexibility index (Phi) is 5.36. The van der Waals surface area contributed by atoms with Gasteiger partial charge in [-0.05, 0) is 37.9 Å². The molecule has 0 saturated carbocycles. The molecule has 0 atom stereocenters. The Bertz CT molecular complexity index is 641. The molecule has 0 bridgehead atoms. The van der Waals surface area contributed by atoms with E-state index in [1.807, 2.05) is 13.8 Å². The lowest BCUT2D eigenvalue weighted by atomic mass is 10.3. The second kappa shape index (κ2) is 7.04. The number of aromatic nitrogens is 2. The van der Waals surface area contributed by atoms with Crippen LogP contribution in [0.4, 0.5) is 5.82 Å². The molecule has 1 amide bonds. The summed E-state index contributed by atoms with van der Waals surface area (Å²) >= 11 is 7.57. The van der Waals surface area contributed by atoms with Crippen molar-refractivity contribution >= 4 is 44.9 Å². The summed E-state index contributed by atoms with van der Waals surface area (Å²) < 4.78 is 0. The van der Waals surface area contributed by atoms with Crippen LogP contribution >= 0.6 is 22.9 Å². The second-order valence-electron chi connectivity index (χ2n) is 5.03. The Hall–Kier alpha value is -1.40. The lowest BCUT2D eigenvalue weighted by molar-refractivity contribution is -0.121. The highest BCUT2D eigenvalue weighted by molar-refractivity contribution is 7.18. The molecule has 0 radical (unpaired) electrons. The summed E-state index contributed by atoms with van der Waals surface area (Å²) in [4.78, 5) is 22.2. The molecule has 0 unspecified atom stereocenters. The molecule has 2 N–H and O–H groups in total. The summed E-state index contributed by atoms with van der Waals surface area (Å²) in [7, 11) is 0. The summed E-state index contributed by atoms with van der Waals surface area (Å²) in [5, 5.41) is 7.22. The number of thiophene rings is 1. The van der Waals surface area contributed by atoms with Crippen LogP contribution in [-0.4, -0.2) is 28.5 Å². The molecule has 2 aromatic heterocycles. The molecular formula is C14H19ClN4OS. The number of anilines is 1. The van der Waals surface area contributed by atoms with Crippen LogP contribution in [0.25, 0.3) is 10.2 Å². The van der Waals surface area contributed by atoms with Gasteiger partial charge in [0.2, 0.25) is 11.2 Å². The summed E-state index contributed by atoms with van der Waals surface area (Å²) in [5.41, 5.74) is 0. The van der Waals surface area contributed by atoms with Gasteiger partial charge in [-0.25, -0.2) is 9.97 Å². The molecule has 2 aromatic rings. The van der Waals surface area contributed by atoms with Crippen LogP contribution in [0.5, 0.6) is 0 Å². The van der Waals surface area contributed by atoms with Crippen LogP contribution < -0.4 is 10.6 Å². The summed E-state index contributed by atoms with van der Waals surface area (Å²) in [6.07, 6.45) is 1.35.